The van der Waals surface area contributed by atoms with Crippen LogP contribution in [0.25, 0.3) is 0 Å². The number of methoxy groups -OCH3 is 1. The first kappa shape index (κ1) is 18.2. The first-order valence-corrected chi connectivity index (χ1v) is 8.93. The third-order valence-corrected chi connectivity index (χ3v) is 4.80. The van der Waals surface area contributed by atoms with Gasteiger partial charge >= 0.3 is 0 Å². The van der Waals surface area contributed by atoms with Crippen LogP contribution < -0.4 is 4.74 Å². The van der Waals surface area contributed by atoms with Crippen LogP contribution in [0.15, 0.2) is 15.5 Å². The van der Waals surface area contributed by atoms with E-state index in [9.17, 15) is 0 Å². The van der Waals surface area contributed by atoms with Gasteiger partial charge in [0, 0.05) is 20.7 Å². The van der Waals surface area contributed by atoms with Crippen LogP contribution in [0.4, 0.5) is 5.69 Å². The minimum Gasteiger partial charge on any atom is -0.474 e. The molecule has 1 aliphatic carbocycles. The molecule has 2 rings (SSSR count). The predicted molar refractivity (Wildman–Crippen MR) is 96.8 cm³/mol. The van der Waals surface area contributed by atoms with Gasteiger partial charge in [0.2, 0.25) is 5.88 Å². The molecule has 0 atom stereocenters. The molecule has 5 nitrogen and oxygen atoms in total. The Balaban J connectivity index is 2.04. The number of ether oxygens (including phenoxy) is 2. The summed E-state index contributed by atoms with van der Waals surface area (Å²) in [5.74, 6) is 0.658. The number of aryl methyl sites for hydroxylation is 1. The number of aliphatic imine (C=N–C) groups is 1. The molecule has 6 heteroatoms. The Labute approximate surface area is 147 Å². The largest absolute Gasteiger partial charge is 0.474 e. The third kappa shape index (κ3) is 5.18. The zero-order valence-corrected chi connectivity index (χ0v) is 16.0. The summed E-state index contributed by atoms with van der Waals surface area (Å²) >= 11 is 3.56. The summed E-state index contributed by atoms with van der Waals surface area (Å²) in [6, 6.07) is 1.97. The van der Waals surface area contributed by atoms with Gasteiger partial charge in [-0.25, -0.2) is 9.98 Å². The second kappa shape index (κ2) is 8.64. The highest BCUT2D eigenvalue weighted by atomic mass is 79.9. The zero-order chi connectivity index (χ0) is 16.8. The number of hydrogen-bond acceptors (Lipinski definition) is 4. The van der Waals surface area contributed by atoms with Crippen molar-refractivity contribution in [3.05, 3.63) is 16.2 Å². The Kier molecular flexibility index (Phi) is 6.84. The molecule has 128 valence electrons. The summed E-state index contributed by atoms with van der Waals surface area (Å²) in [6.07, 6.45) is 6.51. The van der Waals surface area contributed by atoms with Gasteiger partial charge in [-0.05, 0) is 61.5 Å². The number of pyridine rings is 1. The maximum absolute atomic E-state index is 6.09. The van der Waals surface area contributed by atoms with Crippen molar-refractivity contribution in [1.82, 2.24) is 9.88 Å². The Hall–Kier alpha value is -1.14. The minimum absolute atomic E-state index is 0.213. The highest BCUT2D eigenvalue weighted by Gasteiger charge is 2.23. The smallest absolute Gasteiger partial charge is 0.228 e. The van der Waals surface area contributed by atoms with Gasteiger partial charge < -0.3 is 14.4 Å². The monoisotopic (exact) mass is 383 g/mol. The van der Waals surface area contributed by atoms with Gasteiger partial charge in [0.05, 0.1) is 28.3 Å². The number of rotatable bonds is 6. The van der Waals surface area contributed by atoms with E-state index in [0.717, 1.165) is 48.1 Å². The number of halogens is 1. The van der Waals surface area contributed by atoms with E-state index in [1.807, 2.05) is 31.3 Å². The van der Waals surface area contributed by atoms with Crippen LogP contribution in [0.5, 0.6) is 5.88 Å². The van der Waals surface area contributed by atoms with E-state index in [0.29, 0.717) is 12.0 Å². The van der Waals surface area contributed by atoms with Gasteiger partial charge in [0.25, 0.3) is 0 Å². The molecule has 0 unspecified atom stereocenters. The molecule has 1 saturated carbocycles. The van der Waals surface area contributed by atoms with Crippen molar-refractivity contribution in [1.29, 1.82) is 0 Å². The van der Waals surface area contributed by atoms with Crippen LogP contribution in [0, 0.1) is 6.92 Å². The van der Waals surface area contributed by atoms with E-state index in [4.69, 9.17) is 9.47 Å². The van der Waals surface area contributed by atoms with Gasteiger partial charge in [-0.2, -0.15) is 0 Å². The highest BCUT2D eigenvalue weighted by Crippen LogP contribution is 2.32. The molecular formula is C17H26BrN3O2. The zero-order valence-electron chi connectivity index (χ0n) is 14.4. The van der Waals surface area contributed by atoms with Crippen LogP contribution in [-0.2, 0) is 4.74 Å². The molecule has 1 heterocycles. The lowest BCUT2D eigenvalue weighted by molar-refractivity contribution is 0.0312. The van der Waals surface area contributed by atoms with Crippen molar-refractivity contribution in [2.24, 2.45) is 4.99 Å². The standard InChI is InChI=1S/C17H26BrN3O2/c1-5-21(3)11-19-16-10-15(18)17(20-12(16)2)23-14-8-6-13(22-4)7-9-14/h10-11,13-14H,5-9H2,1-4H3/b19-11+. The Morgan fingerprint density at radius 2 is 2.00 bits per heavy atom. The molecule has 1 aromatic rings. The van der Waals surface area contributed by atoms with E-state index in [1.165, 1.54) is 0 Å². The molecular weight excluding hydrogens is 358 g/mol. The first-order chi connectivity index (χ1) is 11.0. The maximum atomic E-state index is 6.09. The van der Waals surface area contributed by atoms with Crippen LogP contribution in [0.1, 0.15) is 38.3 Å². The first-order valence-electron chi connectivity index (χ1n) is 8.14. The van der Waals surface area contributed by atoms with Crippen molar-refractivity contribution < 1.29 is 9.47 Å². The molecule has 0 saturated heterocycles. The molecule has 0 amide bonds. The maximum Gasteiger partial charge on any atom is 0.228 e. The fraction of sp³-hybridized carbons (Fsp3) is 0.647. The topological polar surface area (TPSA) is 47.0 Å². The molecule has 0 N–H and O–H groups in total. The van der Waals surface area contributed by atoms with Gasteiger partial charge in [-0.3, -0.25) is 0 Å². The normalized spacial score (nSPS) is 21.6. The lowest BCUT2D eigenvalue weighted by Crippen LogP contribution is -2.28. The van der Waals surface area contributed by atoms with Crippen LogP contribution in [0.2, 0.25) is 0 Å². The average molecular weight is 384 g/mol. The van der Waals surface area contributed by atoms with Crippen molar-refractivity contribution >= 4 is 28.0 Å². The van der Waals surface area contributed by atoms with Gasteiger partial charge in [0.15, 0.2) is 0 Å². The molecule has 1 aliphatic rings. The number of nitrogens with zero attached hydrogens (tertiary/aromatic N) is 3. The second-order valence-corrected chi connectivity index (χ2v) is 6.80. The molecule has 0 radical (unpaired) electrons. The van der Waals surface area contributed by atoms with E-state index in [2.05, 4.69) is 32.8 Å². The lowest BCUT2D eigenvalue weighted by Gasteiger charge is -2.28. The van der Waals surface area contributed by atoms with E-state index < -0.39 is 0 Å². The summed E-state index contributed by atoms with van der Waals surface area (Å²) in [5, 5.41) is 0. The summed E-state index contributed by atoms with van der Waals surface area (Å²) < 4.78 is 12.3. The lowest BCUT2D eigenvalue weighted by atomic mass is 9.95. The fourth-order valence-electron chi connectivity index (χ4n) is 2.55. The highest BCUT2D eigenvalue weighted by molar-refractivity contribution is 9.10. The molecule has 1 fully saturated rings. The summed E-state index contributed by atoms with van der Waals surface area (Å²) in [5.41, 5.74) is 1.72. The van der Waals surface area contributed by atoms with Crippen LogP contribution in [-0.4, -0.2) is 49.1 Å². The SMILES string of the molecule is CCN(C)/C=N/c1cc(Br)c(OC2CCC(OC)CC2)nc1C. The van der Waals surface area contributed by atoms with Crippen molar-refractivity contribution in [2.45, 2.75) is 51.7 Å². The third-order valence-electron chi connectivity index (χ3n) is 4.23. The van der Waals surface area contributed by atoms with E-state index in [-0.39, 0.29) is 6.10 Å². The van der Waals surface area contributed by atoms with Gasteiger partial charge in [-0.1, -0.05) is 0 Å². The minimum atomic E-state index is 0.213. The molecule has 0 aliphatic heterocycles. The second-order valence-electron chi connectivity index (χ2n) is 5.95. The quantitative estimate of drug-likeness (QED) is 0.547. The van der Waals surface area contributed by atoms with Crippen molar-refractivity contribution in [2.75, 3.05) is 20.7 Å². The van der Waals surface area contributed by atoms with Crippen molar-refractivity contribution in [3.8, 4) is 5.88 Å². The molecule has 1 aromatic heterocycles. The molecule has 0 bridgehead atoms. The summed E-state index contributed by atoms with van der Waals surface area (Å²) in [7, 11) is 3.78. The molecule has 23 heavy (non-hydrogen) atoms. The average Bonchev–Trinajstić information content (AvgIpc) is 2.57. The summed E-state index contributed by atoms with van der Waals surface area (Å²) in [4.78, 5) is 11.1. The van der Waals surface area contributed by atoms with E-state index in [1.54, 1.807) is 7.11 Å². The fourth-order valence-corrected chi connectivity index (χ4v) is 2.95. The molecule has 0 spiro atoms. The number of aromatic nitrogens is 1. The number of hydrogen-bond donors (Lipinski definition) is 0. The Morgan fingerprint density at radius 3 is 2.61 bits per heavy atom. The van der Waals surface area contributed by atoms with E-state index >= 15 is 0 Å². The van der Waals surface area contributed by atoms with Gasteiger partial charge in [0.1, 0.15) is 6.10 Å². The van der Waals surface area contributed by atoms with Gasteiger partial charge in [-0.15, -0.1) is 0 Å². The summed E-state index contributed by atoms with van der Waals surface area (Å²) in [6.45, 7) is 4.96. The molecule has 0 aromatic carbocycles. The predicted octanol–water partition coefficient (Wildman–Crippen LogP) is 4.10. The van der Waals surface area contributed by atoms with Crippen LogP contribution >= 0.6 is 15.9 Å². The Bertz CT molecular complexity index is 543. The van der Waals surface area contributed by atoms with Crippen molar-refractivity contribution in [3.63, 3.8) is 0 Å². The Morgan fingerprint density at radius 1 is 1.35 bits per heavy atom. The van der Waals surface area contributed by atoms with Crippen LogP contribution in [0.3, 0.4) is 0 Å².